The van der Waals surface area contributed by atoms with E-state index in [1.54, 1.807) is 17.0 Å². The van der Waals surface area contributed by atoms with Crippen LogP contribution < -0.4 is 0 Å². The molecule has 0 aromatic carbocycles. The van der Waals surface area contributed by atoms with Gasteiger partial charge < -0.3 is 10.0 Å². The van der Waals surface area contributed by atoms with Gasteiger partial charge in [0.15, 0.2) is 0 Å². The third-order valence-electron chi connectivity index (χ3n) is 2.68. The predicted octanol–water partition coefficient (Wildman–Crippen LogP) is 1.39. The number of rotatable bonds is 3. The van der Waals surface area contributed by atoms with Crippen molar-refractivity contribution in [3.05, 3.63) is 28.5 Å². The van der Waals surface area contributed by atoms with Gasteiger partial charge in [0.1, 0.15) is 4.60 Å². The number of halogens is 1. The molecule has 0 radical (unpaired) electrons. The number of nitrogens with zero attached hydrogens (tertiary/aromatic N) is 2. The van der Waals surface area contributed by atoms with Crippen LogP contribution in [0.15, 0.2) is 22.9 Å². The van der Waals surface area contributed by atoms with Crippen LogP contribution in [0.4, 0.5) is 0 Å². The average Bonchev–Trinajstić information content (AvgIpc) is 2.23. The first-order valence-electron chi connectivity index (χ1n) is 5.19. The van der Waals surface area contributed by atoms with Gasteiger partial charge in [0.05, 0.1) is 12.0 Å². The fourth-order valence-electron chi connectivity index (χ4n) is 1.80. The molecular weight excluding hydrogens is 288 g/mol. The van der Waals surface area contributed by atoms with Crippen LogP contribution >= 0.6 is 15.9 Å². The Balaban J connectivity index is 1.91. The highest BCUT2D eigenvalue weighted by Gasteiger charge is 2.32. The summed E-state index contributed by atoms with van der Waals surface area (Å²) in [6, 6.07) is 3.41. The summed E-state index contributed by atoms with van der Waals surface area (Å²) in [5.41, 5.74) is 0.530. The van der Waals surface area contributed by atoms with E-state index in [1.165, 1.54) is 6.20 Å². The van der Waals surface area contributed by atoms with Crippen molar-refractivity contribution in [3.63, 3.8) is 0 Å². The molecule has 1 aromatic heterocycles. The van der Waals surface area contributed by atoms with E-state index >= 15 is 0 Å². The van der Waals surface area contributed by atoms with Gasteiger partial charge in [-0.25, -0.2) is 4.98 Å². The molecule has 1 saturated heterocycles. The number of carboxylic acid groups (broad SMARTS) is 1. The van der Waals surface area contributed by atoms with Crippen molar-refractivity contribution < 1.29 is 14.7 Å². The first-order valence-corrected chi connectivity index (χ1v) is 5.98. The van der Waals surface area contributed by atoms with Crippen LogP contribution in [0.25, 0.3) is 0 Å². The monoisotopic (exact) mass is 298 g/mol. The molecule has 0 spiro atoms. The molecule has 1 N–H and O–H groups in total. The van der Waals surface area contributed by atoms with Gasteiger partial charge in [-0.3, -0.25) is 9.59 Å². The fraction of sp³-hybridized carbons (Fsp3) is 0.364. The molecule has 5 nitrogen and oxygen atoms in total. The Morgan fingerprint density at radius 3 is 2.71 bits per heavy atom. The van der Waals surface area contributed by atoms with Crippen LogP contribution in [-0.2, 0) is 4.79 Å². The summed E-state index contributed by atoms with van der Waals surface area (Å²) in [5.74, 6) is -0.820. The molecule has 1 aromatic rings. The highest BCUT2D eigenvalue weighted by molar-refractivity contribution is 9.10. The summed E-state index contributed by atoms with van der Waals surface area (Å²) in [6.07, 6.45) is 1.64. The second-order valence-electron chi connectivity index (χ2n) is 4.04. The van der Waals surface area contributed by atoms with Crippen LogP contribution in [0.2, 0.25) is 0 Å². The lowest BCUT2D eigenvalue weighted by molar-refractivity contribution is -0.139. The zero-order valence-corrected chi connectivity index (χ0v) is 10.6. The molecule has 17 heavy (non-hydrogen) atoms. The number of pyridine rings is 1. The van der Waals surface area contributed by atoms with Crippen molar-refractivity contribution in [3.8, 4) is 0 Å². The number of hydrogen-bond donors (Lipinski definition) is 1. The lowest BCUT2D eigenvalue weighted by atomic mass is 9.95. The normalized spacial score (nSPS) is 15.5. The standard InChI is InChI=1S/C11H11BrN2O3/c12-9-2-1-8(4-13-9)11(17)14-5-7(6-14)3-10(15)16/h1-2,4,7H,3,5-6H2,(H,15,16). The Bertz CT molecular complexity index is 441. The van der Waals surface area contributed by atoms with Gasteiger partial charge in [0.25, 0.3) is 5.91 Å². The molecule has 0 unspecified atom stereocenters. The number of aromatic nitrogens is 1. The topological polar surface area (TPSA) is 70.5 Å². The first kappa shape index (κ1) is 12.0. The molecule has 1 aliphatic rings. The molecule has 90 valence electrons. The van der Waals surface area contributed by atoms with E-state index in [9.17, 15) is 9.59 Å². The largest absolute Gasteiger partial charge is 0.481 e. The SMILES string of the molecule is O=C(O)CC1CN(C(=O)c2ccc(Br)nc2)C1. The number of carboxylic acids is 1. The van der Waals surface area contributed by atoms with Gasteiger partial charge in [-0.05, 0) is 28.1 Å². The third kappa shape index (κ3) is 2.82. The van der Waals surface area contributed by atoms with Crippen molar-refractivity contribution in [2.24, 2.45) is 5.92 Å². The molecular formula is C11H11BrN2O3. The van der Waals surface area contributed by atoms with Crippen molar-refractivity contribution in [1.29, 1.82) is 0 Å². The molecule has 0 atom stereocenters. The number of carbonyl (C=O) groups is 2. The van der Waals surface area contributed by atoms with Crippen LogP contribution in [0.5, 0.6) is 0 Å². The number of carbonyl (C=O) groups excluding carboxylic acids is 1. The highest BCUT2D eigenvalue weighted by Crippen LogP contribution is 2.21. The molecule has 2 rings (SSSR count). The van der Waals surface area contributed by atoms with E-state index in [0.29, 0.717) is 23.3 Å². The van der Waals surface area contributed by atoms with E-state index in [4.69, 9.17) is 5.11 Å². The average molecular weight is 299 g/mol. The van der Waals surface area contributed by atoms with Gasteiger partial charge >= 0.3 is 5.97 Å². The van der Waals surface area contributed by atoms with Crippen molar-refractivity contribution in [2.45, 2.75) is 6.42 Å². The summed E-state index contributed by atoms with van der Waals surface area (Å²) in [6.45, 7) is 1.03. The summed E-state index contributed by atoms with van der Waals surface area (Å²) in [4.78, 5) is 28.0. The number of aliphatic carboxylic acids is 1. The second-order valence-corrected chi connectivity index (χ2v) is 4.86. The molecule has 0 aliphatic carbocycles. The molecule has 2 heterocycles. The zero-order chi connectivity index (χ0) is 12.4. The summed E-state index contributed by atoms with van der Waals surface area (Å²) in [7, 11) is 0. The van der Waals surface area contributed by atoms with Crippen LogP contribution in [0.3, 0.4) is 0 Å². The highest BCUT2D eigenvalue weighted by atomic mass is 79.9. The lowest BCUT2D eigenvalue weighted by Crippen LogP contribution is -2.50. The summed E-state index contributed by atoms with van der Waals surface area (Å²) in [5, 5.41) is 8.60. The molecule has 0 bridgehead atoms. The smallest absolute Gasteiger partial charge is 0.303 e. The Kier molecular flexibility index (Phi) is 3.42. The van der Waals surface area contributed by atoms with Gasteiger partial charge in [-0.15, -0.1) is 0 Å². The molecule has 6 heteroatoms. The van der Waals surface area contributed by atoms with E-state index < -0.39 is 5.97 Å². The third-order valence-corrected chi connectivity index (χ3v) is 3.15. The first-order chi connectivity index (χ1) is 8.06. The molecule has 1 amide bonds. The quantitative estimate of drug-likeness (QED) is 0.856. The minimum absolute atomic E-state index is 0.0832. The second kappa shape index (κ2) is 4.83. The van der Waals surface area contributed by atoms with Gasteiger partial charge in [-0.2, -0.15) is 0 Å². The van der Waals surface area contributed by atoms with Crippen LogP contribution in [-0.4, -0.2) is 40.0 Å². The van der Waals surface area contributed by atoms with E-state index in [-0.39, 0.29) is 18.2 Å². The Morgan fingerprint density at radius 2 is 2.18 bits per heavy atom. The van der Waals surface area contributed by atoms with Gasteiger partial charge in [-0.1, -0.05) is 0 Å². The van der Waals surface area contributed by atoms with E-state index in [1.807, 2.05) is 0 Å². The maximum atomic E-state index is 11.9. The van der Waals surface area contributed by atoms with Gasteiger partial charge in [0.2, 0.25) is 0 Å². The van der Waals surface area contributed by atoms with Crippen molar-refractivity contribution in [1.82, 2.24) is 9.88 Å². The fourth-order valence-corrected chi connectivity index (χ4v) is 2.03. The van der Waals surface area contributed by atoms with Crippen LogP contribution in [0.1, 0.15) is 16.8 Å². The lowest BCUT2D eigenvalue weighted by Gasteiger charge is -2.38. The predicted molar refractivity (Wildman–Crippen MR) is 63.6 cm³/mol. The minimum Gasteiger partial charge on any atom is -0.481 e. The van der Waals surface area contributed by atoms with Crippen molar-refractivity contribution >= 4 is 27.8 Å². The Morgan fingerprint density at radius 1 is 1.47 bits per heavy atom. The number of amides is 1. The molecule has 1 fully saturated rings. The minimum atomic E-state index is -0.813. The Labute approximate surface area is 107 Å². The molecule has 0 saturated carbocycles. The van der Waals surface area contributed by atoms with E-state index in [2.05, 4.69) is 20.9 Å². The number of hydrogen-bond acceptors (Lipinski definition) is 3. The Hall–Kier alpha value is -1.43. The van der Waals surface area contributed by atoms with Crippen LogP contribution in [0, 0.1) is 5.92 Å². The van der Waals surface area contributed by atoms with E-state index in [0.717, 1.165) is 0 Å². The zero-order valence-electron chi connectivity index (χ0n) is 8.97. The molecule has 1 aliphatic heterocycles. The van der Waals surface area contributed by atoms with Crippen molar-refractivity contribution in [2.75, 3.05) is 13.1 Å². The summed E-state index contributed by atoms with van der Waals surface area (Å²) < 4.78 is 0.682. The number of likely N-dealkylation sites (tertiary alicyclic amines) is 1. The van der Waals surface area contributed by atoms with Gasteiger partial charge in [0, 0.05) is 25.2 Å². The maximum Gasteiger partial charge on any atom is 0.303 e. The maximum absolute atomic E-state index is 11.9. The summed E-state index contributed by atoms with van der Waals surface area (Å²) >= 11 is 3.20.